The molecule has 4 rings (SSSR count). The maximum absolute atomic E-state index is 12.5. The summed E-state index contributed by atoms with van der Waals surface area (Å²) in [6.45, 7) is 0. The third kappa shape index (κ3) is 2.23. The van der Waals surface area contributed by atoms with E-state index in [4.69, 9.17) is 11.6 Å². The second-order valence-corrected chi connectivity index (χ2v) is 6.04. The van der Waals surface area contributed by atoms with Crippen LogP contribution in [0.2, 0.25) is 5.02 Å². The summed E-state index contributed by atoms with van der Waals surface area (Å²) in [6.07, 6.45) is 0. The molecule has 2 aromatic rings. The summed E-state index contributed by atoms with van der Waals surface area (Å²) < 4.78 is 0. The number of halogens is 1. The van der Waals surface area contributed by atoms with Crippen molar-refractivity contribution in [3.8, 4) is 0 Å². The summed E-state index contributed by atoms with van der Waals surface area (Å²) in [6, 6.07) is 15.8. The molecule has 5 heteroatoms. The Balaban J connectivity index is 1.80. The lowest BCUT2D eigenvalue weighted by Crippen LogP contribution is -2.33. The second-order valence-electron chi connectivity index (χ2n) is 5.61. The number of amides is 2. The number of carbonyl (C=O) groups is 2. The van der Waals surface area contributed by atoms with Gasteiger partial charge in [-0.25, -0.2) is 0 Å². The summed E-state index contributed by atoms with van der Waals surface area (Å²) in [5.41, 5.74) is 2.70. The molecule has 2 aliphatic rings. The maximum Gasteiger partial charge on any atom is 0.250 e. The molecule has 114 valence electrons. The van der Waals surface area contributed by atoms with Crippen LogP contribution in [0.4, 0.5) is 0 Å². The molecule has 0 saturated heterocycles. The zero-order valence-corrected chi connectivity index (χ0v) is 12.8. The van der Waals surface area contributed by atoms with Gasteiger partial charge in [0.1, 0.15) is 0 Å². The molecule has 2 aliphatic heterocycles. The van der Waals surface area contributed by atoms with Gasteiger partial charge in [-0.2, -0.15) is 0 Å². The van der Waals surface area contributed by atoms with Gasteiger partial charge < -0.3 is 10.6 Å². The van der Waals surface area contributed by atoms with Crippen molar-refractivity contribution in [1.29, 1.82) is 0 Å². The first-order chi connectivity index (χ1) is 11.1. The molecule has 2 N–H and O–H groups in total. The van der Waals surface area contributed by atoms with E-state index in [-0.39, 0.29) is 11.8 Å². The number of hydrogen-bond acceptors (Lipinski definition) is 2. The molecule has 2 amide bonds. The molecule has 0 saturated carbocycles. The number of nitrogens with one attached hydrogen (secondary N) is 2. The van der Waals surface area contributed by atoms with Crippen LogP contribution in [0.1, 0.15) is 23.2 Å². The van der Waals surface area contributed by atoms with Crippen molar-refractivity contribution in [2.75, 3.05) is 0 Å². The zero-order valence-electron chi connectivity index (χ0n) is 12.0. The molecular formula is C18H13ClN2O2. The Bertz CT molecular complexity index is 843. The molecule has 0 radical (unpaired) electrons. The van der Waals surface area contributed by atoms with Crippen molar-refractivity contribution < 1.29 is 9.59 Å². The highest BCUT2D eigenvalue weighted by Crippen LogP contribution is 2.41. The van der Waals surface area contributed by atoms with Crippen LogP contribution in [-0.2, 0) is 9.59 Å². The highest BCUT2D eigenvalue weighted by atomic mass is 35.5. The number of carbonyl (C=O) groups excluding carboxylic acids is 2. The first kappa shape index (κ1) is 14.0. The smallest absolute Gasteiger partial charge is 0.250 e. The Morgan fingerprint density at radius 2 is 1.30 bits per heavy atom. The van der Waals surface area contributed by atoms with Crippen LogP contribution in [0.25, 0.3) is 0 Å². The fraction of sp³-hybridized carbons (Fsp3) is 0.111. The molecule has 4 nitrogen and oxygen atoms in total. The van der Waals surface area contributed by atoms with Crippen LogP contribution >= 0.6 is 11.6 Å². The second kappa shape index (κ2) is 5.25. The minimum absolute atomic E-state index is 0.211. The zero-order chi connectivity index (χ0) is 16.0. The van der Waals surface area contributed by atoms with Gasteiger partial charge >= 0.3 is 0 Å². The van der Waals surface area contributed by atoms with Crippen LogP contribution in [0.15, 0.2) is 65.7 Å². The topological polar surface area (TPSA) is 58.2 Å². The first-order valence-corrected chi connectivity index (χ1v) is 7.69. The van der Waals surface area contributed by atoms with Gasteiger partial charge in [-0.3, -0.25) is 9.59 Å². The minimum atomic E-state index is -0.454. The highest BCUT2D eigenvalue weighted by Gasteiger charge is 2.45. The van der Waals surface area contributed by atoms with Crippen LogP contribution in [0.5, 0.6) is 0 Å². The largest absolute Gasteiger partial charge is 0.341 e. The highest BCUT2D eigenvalue weighted by molar-refractivity contribution is 6.30. The van der Waals surface area contributed by atoms with E-state index in [1.807, 2.05) is 42.5 Å². The van der Waals surface area contributed by atoms with Gasteiger partial charge in [0, 0.05) is 5.02 Å². The molecule has 23 heavy (non-hydrogen) atoms. The summed E-state index contributed by atoms with van der Waals surface area (Å²) in [4.78, 5) is 24.9. The predicted molar refractivity (Wildman–Crippen MR) is 86.7 cm³/mol. The third-order valence-corrected chi connectivity index (χ3v) is 4.46. The van der Waals surface area contributed by atoms with Crippen molar-refractivity contribution in [2.45, 2.75) is 12.1 Å². The standard InChI is InChI=1S/C18H13ClN2O2/c19-12-8-4-7-11(9-12)16-14-13(17(22)21-16)15(20-18(14)23)10-5-2-1-3-6-10/h1-9,15-16H,(H,20,23)(H,21,22). The average molecular weight is 325 g/mol. The molecule has 0 fully saturated rings. The van der Waals surface area contributed by atoms with Crippen molar-refractivity contribution in [3.63, 3.8) is 0 Å². The lowest BCUT2D eigenvalue weighted by atomic mass is 9.95. The molecule has 2 atom stereocenters. The average Bonchev–Trinajstić information content (AvgIpc) is 3.08. The maximum atomic E-state index is 12.5. The van der Waals surface area contributed by atoms with E-state index < -0.39 is 12.1 Å². The summed E-state index contributed by atoms with van der Waals surface area (Å²) in [5, 5.41) is 6.38. The van der Waals surface area contributed by atoms with Crippen LogP contribution in [-0.4, -0.2) is 11.8 Å². The van der Waals surface area contributed by atoms with Gasteiger partial charge in [0.15, 0.2) is 0 Å². The summed E-state index contributed by atoms with van der Waals surface area (Å²) in [7, 11) is 0. The van der Waals surface area contributed by atoms with Crippen molar-refractivity contribution in [2.24, 2.45) is 0 Å². The van der Waals surface area contributed by atoms with E-state index in [0.29, 0.717) is 16.2 Å². The third-order valence-electron chi connectivity index (χ3n) is 4.22. The minimum Gasteiger partial charge on any atom is -0.341 e. The Hall–Kier alpha value is -2.59. The van der Waals surface area contributed by atoms with E-state index in [0.717, 1.165) is 11.1 Å². The fourth-order valence-electron chi connectivity index (χ4n) is 3.21. The fourth-order valence-corrected chi connectivity index (χ4v) is 3.41. The lowest BCUT2D eigenvalue weighted by Gasteiger charge is -2.17. The Kier molecular flexibility index (Phi) is 3.20. The number of hydrogen-bond donors (Lipinski definition) is 2. The Morgan fingerprint density at radius 1 is 0.739 bits per heavy atom. The van der Waals surface area contributed by atoms with Crippen molar-refractivity contribution >= 4 is 23.4 Å². The van der Waals surface area contributed by atoms with Crippen LogP contribution in [0.3, 0.4) is 0 Å². The van der Waals surface area contributed by atoms with Gasteiger partial charge in [-0.1, -0.05) is 54.1 Å². The van der Waals surface area contributed by atoms with E-state index in [1.54, 1.807) is 12.1 Å². The Morgan fingerprint density at radius 3 is 1.91 bits per heavy atom. The van der Waals surface area contributed by atoms with Crippen molar-refractivity contribution in [1.82, 2.24) is 10.6 Å². The first-order valence-electron chi connectivity index (χ1n) is 7.31. The van der Waals surface area contributed by atoms with Gasteiger partial charge in [0.25, 0.3) is 11.8 Å². The van der Waals surface area contributed by atoms with Crippen LogP contribution in [0, 0.1) is 0 Å². The Labute approximate surface area is 138 Å². The summed E-state index contributed by atoms with van der Waals surface area (Å²) >= 11 is 6.03. The SMILES string of the molecule is O=C1NC(c2cccc(Cl)c2)C2=C1C(c1ccccc1)NC2=O. The molecule has 2 heterocycles. The molecule has 0 aromatic heterocycles. The molecular weight excluding hydrogens is 312 g/mol. The number of rotatable bonds is 2. The van der Waals surface area contributed by atoms with E-state index >= 15 is 0 Å². The van der Waals surface area contributed by atoms with Gasteiger partial charge in [0.05, 0.1) is 23.2 Å². The quantitative estimate of drug-likeness (QED) is 0.892. The molecule has 2 aromatic carbocycles. The van der Waals surface area contributed by atoms with Gasteiger partial charge in [-0.15, -0.1) is 0 Å². The van der Waals surface area contributed by atoms with E-state index in [1.165, 1.54) is 0 Å². The van der Waals surface area contributed by atoms with Gasteiger partial charge in [0.2, 0.25) is 0 Å². The molecule has 0 aliphatic carbocycles. The van der Waals surface area contributed by atoms with E-state index in [9.17, 15) is 9.59 Å². The number of benzene rings is 2. The van der Waals surface area contributed by atoms with Gasteiger partial charge in [-0.05, 0) is 23.3 Å². The lowest BCUT2D eigenvalue weighted by molar-refractivity contribution is -0.118. The van der Waals surface area contributed by atoms with Crippen LogP contribution < -0.4 is 10.6 Å². The molecule has 2 unspecified atom stereocenters. The predicted octanol–water partition coefficient (Wildman–Crippen LogP) is 2.68. The van der Waals surface area contributed by atoms with E-state index in [2.05, 4.69) is 10.6 Å². The van der Waals surface area contributed by atoms with Crippen molar-refractivity contribution in [3.05, 3.63) is 81.9 Å². The molecule has 0 bridgehead atoms. The summed E-state index contributed by atoms with van der Waals surface area (Å²) in [5.74, 6) is -0.422. The normalized spacial score (nSPS) is 22.8. The monoisotopic (exact) mass is 324 g/mol. The molecule has 0 spiro atoms.